The first-order chi connectivity index (χ1) is 10.7. The summed E-state index contributed by atoms with van der Waals surface area (Å²) in [6.45, 7) is 4.50. The van der Waals surface area contributed by atoms with E-state index >= 15 is 0 Å². The summed E-state index contributed by atoms with van der Waals surface area (Å²) < 4.78 is 0. The molecule has 0 aromatic carbocycles. The van der Waals surface area contributed by atoms with Crippen LogP contribution in [0.25, 0.3) is 0 Å². The van der Waals surface area contributed by atoms with Crippen LogP contribution in [0.3, 0.4) is 0 Å². The molecule has 1 aliphatic heterocycles. The van der Waals surface area contributed by atoms with Crippen LogP contribution in [0.5, 0.6) is 0 Å². The third-order valence-corrected chi connectivity index (χ3v) is 6.71. The number of anilines is 1. The minimum atomic E-state index is 0.222. The molecule has 1 saturated carbocycles. The molecular weight excluding hydrogens is 292 g/mol. The molecule has 3 nitrogen and oxygen atoms in total. The number of thiophene rings is 1. The minimum Gasteiger partial charge on any atom is -0.356 e. The number of carbonyl (C=O) groups excluding carboxylic acids is 1. The number of nitrogens with one attached hydrogen (secondary N) is 1. The fraction of sp³-hybridized carbons (Fsp3) is 0.722. The van der Waals surface area contributed by atoms with Gasteiger partial charge in [0.05, 0.1) is 5.56 Å². The van der Waals surface area contributed by atoms with E-state index in [9.17, 15) is 4.79 Å². The highest BCUT2D eigenvalue weighted by Crippen LogP contribution is 2.45. The van der Waals surface area contributed by atoms with Crippen LogP contribution < -0.4 is 5.32 Å². The van der Waals surface area contributed by atoms with Gasteiger partial charge in [-0.25, -0.2) is 0 Å². The summed E-state index contributed by atoms with van der Waals surface area (Å²) in [6.07, 6.45) is 9.57. The van der Waals surface area contributed by atoms with E-state index in [1.165, 1.54) is 47.5 Å². The smallest absolute Gasteiger partial charge is 0.259 e. The Morgan fingerprint density at radius 2 is 2.09 bits per heavy atom. The number of carbonyl (C=O) groups is 1. The van der Waals surface area contributed by atoms with Crippen LogP contribution >= 0.6 is 11.3 Å². The molecule has 2 aliphatic carbocycles. The van der Waals surface area contributed by atoms with E-state index in [1.807, 2.05) is 11.3 Å². The van der Waals surface area contributed by atoms with Crippen molar-refractivity contribution >= 4 is 22.2 Å². The molecule has 1 aromatic rings. The lowest BCUT2D eigenvalue weighted by Gasteiger charge is -2.37. The lowest BCUT2D eigenvalue weighted by atomic mass is 9.85. The van der Waals surface area contributed by atoms with Gasteiger partial charge in [-0.15, -0.1) is 11.3 Å². The van der Waals surface area contributed by atoms with E-state index in [0.29, 0.717) is 11.9 Å². The van der Waals surface area contributed by atoms with Crippen molar-refractivity contribution in [2.75, 3.05) is 5.32 Å². The van der Waals surface area contributed by atoms with E-state index in [4.69, 9.17) is 0 Å². The van der Waals surface area contributed by atoms with Gasteiger partial charge in [-0.1, -0.05) is 26.7 Å². The van der Waals surface area contributed by atoms with Gasteiger partial charge >= 0.3 is 0 Å². The number of hydrogen-bond acceptors (Lipinski definition) is 3. The Morgan fingerprint density at radius 3 is 2.77 bits per heavy atom. The average molecular weight is 318 g/mol. The number of nitrogens with zero attached hydrogens (tertiary/aromatic N) is 1. The van der Waals surface area contributed by atoms with Crippen LogP contribution in [-0.4, -0.2) is 23.0 Å². The SMILES string of the molecule is CCCC1Nc2sc3c(c2C(=O)N1C1CC1)CCC(CC)C3. The van der Waals surface area contributed by atoms with Gasteiger partial charge in [0.25, 0.3) is 5.91 Å². The Morgan fingerprint density at radius 1 is 1.27 bits per heavy atom. The maximum atomic E-state index is 13.2. The zero-order valence-corrected chi connectivity index (χ0v) is 14.5. The Hall–Kier alpha value is -1.03. The van der Waals surface area contributed by atoms with E-state index in [0.717, 1.165) is 30.7 Å². The zero-order valence-electron chi connectivity index (χ0n) is 13.7. The molecule has 3 aliphatic rings. The Bertz CT molecular complexity index is 590. The fourth-order valence-electron chi connectivity index (χ4n) is 4.08. The van der Waals surface area contributed by atoms with Gasteiger partial charge in [0, 0.05) is 10.9 Å². The van der Waals surface area contributed by atoms with Gasteiger partial charge < -0.3 is 10.2 Å². The molecule has 2 atom stereocenters. The maximum Gasteiger partial charge on any atom is 0.259 e. The topological polar surface area (TPSA) is 32.3 Å². The molecule has 1 amide bonds. The lowest BCUT2D eigenvalue weighted by molar-refractivity contribution is 0.0659. The van der Waals surface area contributed by atoms with Crippen LogP contribution in [-0.2, 0) is 12.8 Å². The molecule has 22 heavy (non-hydrogen) atoms. The molecule has 0 bridgehead atoms. The summed E-state index contributed by atoms with van der Waals surface area (Å²) in [6, 6.07) is 0.493. The number of fused-ring (bicyclic) bond motifs is 3. The van der Waals surface area contributed by atoms with Crippen LogP contribution in [0.4, 0.5) is 5.00 Å². The molecule has 120 valence electrons. The van der Waals surface area contributed by atoms with Crippen molar-refractivity contribution in [1.29, 1.82) is 0 Å². The predicted octanol–water partition coefficient (Wildman–Crippen LogP) is 4.42. The molecule has 4 rings (SSSR count). The fourth-order valence-corrected chi connectivity index (χ4v) is 5.48. The summed E-state index contributed by atoms with van der Waals surface area (Å²) in [7, 11) is 0. The van der Waals surface area contributed by atoms with Crippen LogP contribution in [0, 0.1) is 5.92 Å². The van der Waals surface area contributed by atoms with Gasteiger partial charge in [0.15, 0.2) is 0 Å². The number of amides is 1. The predicted molar refractivity (Wildman–Crippen MR) is 91.6 cm³/mol. The first-order valence-corrected chi connectivity index (χ1v) is 9.78. The van der Waals surface area contributed by atoms with Crippen molar-refractivity contribution in [3.05, 3.63) is 16.0 Å². The maximum absolute atomic E-state index is 13.2. The zero-order chi connectivity index (χ0) is 15.3. The third-order valence-electron chi connectivity index (χ3n) is 5.53. The molecule has 0 spiro atoms. The molecular formula is C18H26N2OS. The molecule has 0 saturated heterocycles. The number of hydrogen-bond donors (Lipinski definition) is 1. The van der Waals surface area contributed by atoms with E-state index in [-0.39, 0.29) is 6.17 Å². The largest absolute Gasteiger partial charge is 0.356 e. The second-order valence-corrected chi connectivity index (χ2v) is 8.22. The number of rotatable bonds is 4. The van der Waals surface area contributed by atoms with E-state index in [1.54, 1.807) is 0 Å². The standard InChI is InChI=1S/C18H26N2OS/c1-3-5-15-19-17-16(18(21)20(15)12-7-8-12)13-9-6-11(4-2)10-14(13)22-17/h11-12,15,19H,3-10H2,1-2H3. The van der Waals surface area contributed by atoms with Gasteiger partial charge in [0.2, 0.25) is 0 Å². The highest BCUT2D eigenvalue weighted by Gasteiger charge is 2.43. The van der Waals surface area contributed by atoms with Crippen molar-refractivity contribution in [3.8, 4) is 0 Å². The van der Waals surface area contributed by atoms with Crippen molar-refractivity contribution < 1.29 is 4.79 Å². The molecule has 4 heteroatoms. The lowest BCUT2D eigenvalue weighted by Crippen LogP contribution is -2.49. The van der Waals surface area contributed by atoms with Crippen LogP contribution in [0.1, 0.15) is 73.2 Å². The molecule has 2 heterocycles. The van der Waals surface area contributed by atoms with Gasteiger partial charge in [-0.3, -0.25) is 4.79 Å². The summed E-state index contributed by atoms with van der Waals surface area (Å²) in [5.41, 5.74) is 2.41. The van der Waals surface area contributed by atoms with Gasteiger partial charge in [0.1, 0.15) is 11.2 Å². The third kappa shape index (κ3) is 2.27. The molecule has 0 radical (unpaired) electrons. The average Bonchev–Trinajstić information content (AvgIpc) is 3.27. The second-order valence-electron chi connectivity index (χ2n) is 7.12. The van der Waals surface area contributed by atoms with Crippen molar-refractivity contribution in [1.82, 2.24) is 4.90 Å². The van der Waals surface area contributed by atoms with Crippen LogP contribution in [0.2, 0.25) is 0 Å². The van der Waals surface area contributed by atoms with E-state index < -0.39 is 0 Å². The first-order valence-electron chi connectivity index (χ1n) is 8.96. The summed E-state index contributed by atoms with van der Waals surface area (Å²) >= 11 is 1.87. The summed E-state index contributed by atoms with van der Waals surface area (Å²) in [5, 5.41) is 4.88. The minimum absolute atomic E-state index is 0.222. The molecule has 1 fully saturated rings. The van der Waals surface area contributed by atoms with E-state index in [2.05, 4.69) is 24.1 Å². The molecule has 1 aromatic heterocycles. The monoisotopic (exact) mass is 318 g/mol. The van der Waals surface area contributed by atoms with Crippen LogP contribution in [0.15, 0.2) is 0 Å². The Labute approximate surface area is 137 Å². The normalized spacial score (nSPS) is 27.4. The van der Waals surface area contributed by atoms with Crippen molar-refractivity contribution in [2.45, 2.75) is 77.4 Å². The second kappa shape index (κ2) is 5.55. The van der Waals surface area contributed by atoms with Crippen molar-refractivity contribution in [3.63, 3.8) is 0 Å². The molecule has 2 unspecified atom stereocenters. The Balaban J connectivity index is 1.70. The summed E-state index contributed by atoms with van der Waals surface area (Å²) in [5.74, 6) is 1.14. The Kier molecular flexibility index (Phi) is 3.67. The quantitative estimate of drug-likeness (QED) is 0.891. The van der Waals surface area contributed by atoms with Gasteiger partial charge in [-0.05, 0) is 50.0 Å². The highest BCUT2D eigenvalue weighted by atomic mass is 32.1. The highest BCUT2D eigenvalue weighted by molar-refractivity contribution is 7.16. The first kappa shape index (κ1) is 14.6. The van der Waals surface area contributed by atoms with Crippen molar-refractivity contribution in [2.24, 2.45) is 5.92 Å². The van der Waals surface area contributed by atoms with Gasteiger partial charge in [-0.2, -0.15) is 0 Å². The molecule has 1 N–H and O–H groups in total. The summed E-state index contributed by atoms with van der Waals surface area (Å²) in [4.78, 5) is 16.8.